The second kappa shape index (κ2) is 6.61. The lowest BCUT2D eigenvalue weighted by atomic mass is 10.1. The van der Waals surface area contributed by atoms with Gasteiger partial charge in [0.05, 0.1) is 27.7 Å². The number of aromatic amines is 1. The number of hydrogen-bond donors (Lipinski definition) is 2. The molecule has 5 rings (SSSR count). The van der Waals surface area contributed by atoms with Gasteiger partial charge in [-0.2, -0.15) is 5.10 Å². The Bertz CT molecular complexity index is 1140. The summed E-state index contributed by atoms with van der Waals surface area (Å²) < 4.78 is 25.2. The summed E-state index contributed by atoms with van der Waals surface area (Å²) in [6.07, 6.45) is 1.43. The lowest BCUT2D eigenvalue weighted by molar-refractivity contribution is 0.102. The number of anilines is 1. The van der Waals surface area contributed by atoms with Crippen LogP contribution in [-0.4, -0.2) is 34.3 Å². The molecule has 0 saturated heterocycles. The zero-order valence-corrected chi connectivity index (χ0v) is 15.2. The monoisotopic (exact) mass is 396 g/mol. The van der Waals surface area contributed by atoms with E-state index < -0.39 is 0 Å². The topological polar surface area (TPSA) is 89.1 Å². The van der Waals surface area contributed by atoms with Crippen LogP contribution in [0, 0.1) is 5.82 Å². The van der Waals surface area contributed by atoms with Crippen LogP contribution < -0.4 is 14.8 Å². The number of ether oxygens (including phenoxy) is 2. The Labute approximate surface area is 162 Å². The van der Waals surface area contributed by atoms with Crippen LogP contribution in [0.1, 0.15) is 10.4 Å². The van der Waals surface area contributed by atoms with Crippen LogP contribution in [0.5, 0.6) is 11.5 Å². The molecular weight excluding hydrogens is 383 g/mol. The second-order valence-corrected chi connectivity index (χ2v) is 7.13. The van der Waals surface area contributed by atoms with Crippen molar-refractivity contribution < 1.29 is 18.7 Å². The van der Waals surface area contributed by atoms with E-state index in [0.29, 0.717) is 46.7 Å². The molecule has 0 atom stereocenters. The molecule has 0 bridgehead atoms. The number of hydrogen-bond acceptors (Lipinski definition) is 6. The van der Waals surface area contributed by atoms with E-state index in [1.807, 2.05) is 6.07 Å². The number of rotatable bonds is 3. The number of carbonyl (C=O) groups is 1. The minimum absolute atomic E-state index is 0.344. The van der Waals surface area contributed by atoms with E-state index in [0.717, 1.165) is 10.2 Å². The first-order chi connectivity index (χ1) is 13.7. The smallest absolute Gasteiger partial charge is 0.261 e. The lowest BCUT2D eigenvalue weighted by Crippen LogP contribution is -2.15. The minimum atomic E-state index is -0.357. The average molecular weight is 396 g/mol. The van der Waals surface area contributed by atoms with Crippen LogP contribution in [0.4, 0.5) is 9.52 Å². The number of H-pyrrole nitrogens is 1. The summed E-state index contributed by atoms with van der Waals surface area (Å²) >= 11 is 1.34. The van der Waals surface area contributed by atoms with Crippen molar-refractivity contribution in [1.29, 1.82) is 0 Å². The van der Waals surface area contributed by atoms with E-state index in [2.05, 4.69) is 20.5 Å². The lowest BCUT2D eigenvalue weighted by Gasteiger charge is -2.17. The first kappa shape index (κ1) is 16.7. The number of benzene rings is 2. The summed E-state index contributed by atoms with van der Waals surface area (Å²) in [5, 5.41) is 9.99. The van der Waals surface area contributed by atoms with Crippen molar-refractivity contribution in [1.82, 2.24) is 15.2 Å². The number of halogens is 1. The van der Waals surface area contributed by atoms with Gasteiger partial charge in [0, 0.05) is 17.7 Å². The molecule has 0 spiro atoms. The molecule has 0 aliphatic carbocycles. The fraction of sp³-hybridized carbons (Fsp3) is 0.105. The summed E-state index contributed by atoms with van der Waals surface area (Å²) in [4.78, 5) is 17.2. The van der Waals surface area contributed by atoms with E-state index >= 15 is 0 Å². The molecule has 28 heavy (non-hydrogen) atoms. The number of carbonyl (C=O) groups excluding carboxylic acids is 1. The van der Waals surface area contributed by atoms with Gasteiger partial charge in [-0.3, -0.25) is 15.2 Å². The summed E-state index contributed by atoms with van der Waals surface area (Å²) in [6.45, 7) is 1.01. The predicted octanol–water partition coefficient (Wildman–Crippen LogP) is 3.85. The second-order valence-electron chi connectivity index (χ2n) is 6.10. The number of amides is 1. The maximum atomic E-state index is 13.2. The van der Waals surface area contributed by atoms with Crippen molar-refractivity contribution in [3.63, 3.8) is 0 Å². The van der Waals surface area contributed by atoms with Crippen LogP contribution in [0.25, 0.3) is 21.5 Å². The van der Waals surface area contributed by atoms with Crippen molar-refractivity contribution in [2.75, 3.05) is 18.5 Å². The van der Waals surface area contributed by atoms with Crippen LogP contribution in [0.2, 0.25) is 0 Å². The van der Waals surface area contributed by atoms with E-state index in [9.17, 15) is 9.18 Å². The van der Waals surface area contributed by atoms with Gasteiger partial charge in [0.25, 0.3) is 5.91 Å². The van der Waals surface area contributed by atoms with Crippen LogP contribution >= 0.6 is 11.3 Å². The molecule has 140 valence electrons. The van der Waals surface area contributed by atoms with Gasteiger partial charge in [0.2, 0.25) is 0 Å². The van der Waals surface area contributed by atoms with Gasteiger partial charge in [-0.1, -0.05) is 11.3 Å². The third-order valence-electron chi connectivity index (χ3n) is 4.29. The molecule has 0 fully saturated rings. The summed E-state index contributed by atoms with van der Waals surface area (Å²) in [5.41, 5.74) is 2.23. The fourth-order valence-electron chi connectivity index (χ4n) is 2.98. The summed E-state index contributed by atoms with van der Waals surface area (Å²) in [5.74, 6) is 0.618. The average Bonchev–Trinajstić information content (AvgIpc) is 3.33. The van der Waals surface area contributed by atoms with Gasteiger partial charge >= 0.3 is 0 Å². The predicted molar refractivity (Wildman–Crippen MR) is 103 cm³/mol. The molecule has 7 nitrogen and oxygen atoms in total. The van der Waals surface area contributed by atoms with Crippen molar-refractivity contribution >= 4 is 32.6 Å². The van der Waals surface area contributed by atoms with Crippen molar-refractivity contribution in [3.05, 3.63) is 54.0 Å². The molecule has 2 aromatic heterocycles. The highest BCUT2D eigenvalue weighted by molar-refractivity contribution is 7.22. The van der Waals surface area contributed by atoms with Gasteiger partial charge in [-0.15, -0.1) is 0 Å². The Morgan fingerprint density at radius 1 is 1.14 bits per heavy atom. The maximum absolute atomic E-state index is 13.2. The van der Waals surface area contributed by atoms with E-state index in [4.69, 9.17) is 9.47 Å². The Balaban J connectivity index is 1.43. The SMILES string of the molecule is O=C(Nc1nc2cc3c(cc2s1)OCCO3)c1cn[nH]c1-c1ccc(F)cc1. The van der Waals surface area contributed by atoms with Crippen molar-refractivity contribution in [2.45, 2.75) is 0 Å². The number of nitrogens with zero attached hydrogens (tertiary/aromatic N) is 2. The van der Waals surface area contributed by atoms with Crippen molar-refractivity contribution in [2.24, 2.45) is 0 Å². The Morgan fingerprint density at radius 2 is 1.89 bits per heavy atom. The third kappa shape index (κ3) is 2.95. The van der Waals surface area contributed by atoms with Crippen LogP contribution in [0.3, 0.4) is 0 Å². The summed E-state index contributed by atoms with van der Waals surface area (Å²) in [6, 6.07) is 9.50. The highest BCUT2D eigenvalue weighted by Crippen LogP contribution is 2.38. The largest absolute Gasteiger partial charge is 0.486 e. The van der Waals surface area contributed by atoms with Gasteiger partial charge in [-0.25, -0.2) is 9.37 Å². The molecule has 1 amide bonds. The van der Waals surface area contributed by atoms with Gasteiger partial charge < -0.3 is 9.47 Å². The number of nitrogens with one attached hydrogen (secondary N) is 2. The van der Waals surface area contributed by atoms with Gasteiger partial charge in [0.1, 0.15) is 19.0 Å². The molecule has 0 unspecified atom stereocenters. The van der Waals surface area contributed by atoms with E-state index in [1.165, 1.54) is 29.7 Å². The van der Waals surface area contributed by atoms with Gasteiger partial charge in [0.15, 0.2) is 16.6 Å². The molecule has 1 aliphatic heterocycles. The molecule has 1 aliphatic rings. The Morgan fingerprint density at radius 3 is 2.68 bits per heavy atom. The minimum Gasteiger partial charge on any atom is -0.486 e. The molecule has 4 aromatic rings. The molecule has 3 heterocycles. The van der Waals surface area contributed by atoms with Crippen LogP contribution in [-0.2, 0) is 0 Å². The molecule has 9 heteroatoms. The molecular formula is C19H13FN4O3S. The normalized spacial score (nSPS) is 12.9. The van der Waals surface area contributed by atoms with Crippen LogP contribution in [0.15, 0.2) is 42.6 Å². The zero-order chi connectivity index (χ0) is 19.1. The number of fused-ring (bicyclic) bond motifs is 2. The zero-order valence-electron chi connectivity index (χ0n) is 14.4. The van der Waals surface area contributed by atoms with E-state index in [-0.39, 0.29) is 11.7 Å². The van der Waals surface area contributed by atoms with Gasteiger partial charge in [-0.05, 0) is 24.3 Å². The first-order valence-electron chi connectivity index (χ1n) is 8.48. The molecule has 0 radical (unpaired) electrons. The summed E-state index contributed by atoms with van der Waals surface area (Å²) in [7, 11) is 0. The van der Waals surface area contributed by atoms with Crippen molar-refractivity contribution in [3.8, 4) is 22.8 Å². The molecule has 2 aromatic carbocycles. The molecule has 0 saturated carbocycles. The number of aromatic nitrogens is 3. The number of thiazole rings is 1. The third-order valence-corrected chi connectivity index (χ3v) is 5.22. The first-order valence-corrected chi connectivity index (χ1v) is 9.30. The fourth-order valence-corrected chi connectivity index (χ4v) is 3.85. The highest BCUT2D eigenvalue weighted by atomic mass is 32.1. The Hall–Kier alpha value is -3.46. The molecule has 2 N–H and O–H groups in total. The standard InChI is InChI=1S/C19H13FN4O3S/c20-11-3-1-10(2-4-11)17-12(9-21-24-17)18(25)23-19-22-13-7-14-15(8-16(13)28-19)27-6-5-26-14/h1-4,7-9H,5-6H2,(H,21,24)(H,22,23,25). The maximum Gasteiger partial charge on any atom is 0.261 e. The van der Waals surface area contributed by atoms with E-state index in [1.54, 1.807) is 18.2 Å². The highest BCUT2D eigenvalue weighted by Gasteiger charge is 2.19. The quantitative estimate of drug-likeness (QED) is 0.549. The Kier molecular flexibility index (Phi) is 3.94.